The number of carboxylic acid groups (broad SMARTS) is 4. The van der Waals surface area contributed by atoms with Crippen LogP contribution in [-0.4, -0.2) is 34.1 Å². The van der Waals surface area contributed by atoms with E-state index in [-0.39, 0.29) is 70.2 Å². The van der Waals surface area contributed by atoms with E-state index in [0.29, 0.717) is 0 Å². The third-order valence-electron chi connectivity index (χ3n) is 1.37. The van der Waals surface area contributed by atoms with Crippen molar-refractivity contribution < 1.29 is 98.7 Å². The fourth-order valence-corrected chi connectivity index (χ4v) is 0.839. The number of benzene rings is 1. The van der Waals surface area contributed by atoms with Gasteiger partial charge in [-0.1, -0.05) is 24.3 Å². The van der Waals surface area contributed by atoms with Crippen LogP contribution in [0.3, 0.4) is 0 Å². The fraction of sp³-hybridized carbons (Fsp3) is 0.167. The van der Waals surface area contributed by atoms with Gasteiger partial charge in [-0.15, -0.1) is 0 Å². The van der Waals surface area contributed by atoms with Gasteiger partial charge >= 0.3 is 59.1 Å². The molecule has 110 valence electrons. The van der Waals surface area contributed by atoms with Gasteiger partial charge in [0.25, 0.3) is 11.9 Å². The van der Waals surface area contributed by atoms with Gasteiger partial charge in [0.1, 0.15) is 0 Å². The molecule has 1 aromatic rings. The summed E-state index contributed by atoms with van der Waals surface area (Å²) in [5, 5.41) is 35.5. The smallest absolute Gasteiger partial charge is 0.545 e. The molecule has 0 aliphatic rings. The second-order valence-electron chi connectivity index (χ2n) is 3.16. The summed E-state index contributed by atoms with van der Waals surface area (Å²) in [6.07, 6.45) is 0. The summed E-state index contributed by atoms with van der Waals surface area (Å²) in [4.78, 5) is 38.6. The van der Waals surface area contributed by atoms with Crippen molar-refractivity contribution in [2.24, 2.45) is 0 Å². The Morgan fingerprint density at radius 2 is 0.955 bits per heavy atom. The van der Waals surface area contributed by atoms with Gasteiger partial charge in [-0.05, 0) is 0 Å². The summed E-state index contributed by atoms with van der Waals surface area (Å²) in [5.41, 5.74) is -0.727. The van der Waals surface area contributed by atoms with Crippen molar-refractivity contribution in [3.8, 4) is 0 Å². The van der Waals surface area contributed by atoms with Crippen LogP contribution < -0.4 is 69.3 Å². The average molecular weight is 330 g/mol. The SMILES string of the molecule is CC(=O)O.CC(=O)O.O=C([O-])c1ccccc1C(=O)[O-].[Na+].[Na+]. The second-order valence-corrected chi connectivity index (χ2v) is 3.16. The molecule has 0 heterocycles. The molecular weight excluding hydrogens is 318 g/mol. The molecule has 0 bridgehead atoms. The largest absolute Gasteiger partial charge is 1.00 e. The monoisotopic (exact) mass is 330 g/mol. The molecule has 0 atom stereocenters. The number of aliphatic carboxylic acids is 2. The summed E-state index contributed by atoms with van der Waals surface area (Å²) in [7, 11) is 0. The Balaban J connectivity index is -0.000000138. The first-order valence-corrected chi connectivity index (χ1v) is 5.00. The summed E-state index contributed by atoms with van der Waals surface area (Å²) < 4.78 is 0. The van der Waals surface area contributed by atoms with Crippen molar-refractivity contribution >= 4 is 23.9 Å². The molecule has 22 heavy (non-hydrogen) atoms. The van der Waals surface area contributed by atoms with E-state index in [1.54, 1.807) is 0 Å². The average Bonchev–Trinajstić information content (AvgIpc) is 2.27. The number of carboxylic acids is 4. The summed E-state index contributed by atoms with van der Waals surface area (Å²) in [6, 6.07) is 5.14. The van der Waals surface area contributed by atoms with Crippen LogP contribution in [0.4, 0.5) is 0 Å². The molecule has 0 radical (unpaired) electrons. The minimum Gasteiger partial charge on any atom is -0.545 e. The molecule has 10 heteroatoms. The standard InChI is InChI=1S/C8H6O4.2C2H4O2.2Na/c9-7(10)5-3-1-2-4-6(5)8(11)12;2*1-2(3)4;;/h1-4H,(H,9,10)(H,11,12);2*1H3,(H,3,4);;/q;;;2*+1/p-2. The minimum absolute atomic E-state index is 0. The molecule has 2 N–H and O–H groups in total. The van der Waals surface area contributed by atoms with E-state index >= 15 is 0 Å². The van der Waals surface area contributed by atoms with Gasteiger partial charge in [-0.25, -0.2) is 0 Å². The molecule has 0 aromatic heterocycles. The van der Waals surface area contributed by atoms with Crippen molar-refractivity contribution in [2.45, 2.75) is 13.8 Å². The van der Waals surface area contributed by atoms with E-state index in [2.05, 4.69) is 0 Å². The maximum Gasteiger partial charge on any atom is 1.00 e. The Morgan fingerprint density at radius 1 is 0.773 bits per heavy atom. The zero-order chi connectivity index (χ0) is 16.3. The normalized spacial score (nSPS) is 7.36. The molecule has 0 unspecified atom stereocenters. The third kappa shape index (κ3) is 19.1. The van der Waals surface area contributed by atoms with E-state index in [9.17, 15) is 19.8 Å². The predicted octanol–water partition coefficient (Wildman–Crippen LogP) is -7.40. The summed E-state index contributed by atoms with van der Waals surface area (Å²) >= 11 is 0. The molecule has 0 spiro atoms. The van der Waals surface area contributed by atoms with E-state index < -0.39 is 23.9 Å². The van der Waals surface area contributed by atoms with Crippen molar-refractivity contribution in [1.29, 1.82) is 0 Å². The molecule has 0 aliphatic heterocycles. The van der Waals surface area contributed by atoms with Crippen LogP contribution in [0.2, 0.25) is 0 Å². The van der Waals surface area contributed by atoms with E-state index in [1.165, 1.54) is 12.1 Å². The Kier molecular flexibility index (Phi) is 21.8. The Morgan fingerprint density at radius 3 is 1.09 bits per heavy atom. The number of hydrogen-bond acceptors (Lipinski definition) is 6. The van der Waals surface area contributed by atoms with E-state index in [1.807, 2.05) is 0 Å². The molecule has 0 amide bonds. The van der Waals surface area contributed by atoms with Crippen molar-refractivity contribution in [1.82, 2.24) is 0 Å². The Bertz CT molecular complexity index is 449. The van der Waals surface area contributed by atoms with E-state index in [0.717, 1.165) is 26.0 Å². The number of rotatable bonds is 2. The topological polar surface area (TPSA) is 155 Å². The molecule has 8 nitrogen and oxygen atoms in total. The molecule has 1 rings (SSSR count). The first kappa shape index (κ1) is 29.2. The molecule has 1 aromatic carbocycles. The summed E-state index contributed by atoms with van der Waals surface area (Å²) in [5.74, 6) is -4.70. The van der Waals surface area contributed by atoms with Crippen LogP contribution in [0.5, 0.6) is 0 Å². The van der Waals surface area contributed by atoms with Gasteiger partial charge in [0.15, 0.2) is 0 Å². The molecule has 0 saturated carbocycles. The first-order chi connectivity index (χ1) is 9.09. The zero-order valence-corrected chi connectivity index (χ0v) is 16.7. The van der Waals surface area contributed by atoms with Gasteiger partial charge in [-0.3, -0.25) is 9.59 Å². The summed E-state index contributed by atoms with van der Waals surface area (Å²) in [6.45, 7) is 2.17. The van der Waals surface area contributed by atoms with Crippen molar-refractivity contribution in [3.05, 3.63) is 35.4 Å². The quantitative estimate of drug-likeness (QED) is 0.507. The zero-order valence-electron chi connectivity index (χ0n) is 12.7. The van der Waals surface area contributed by atoms with Crippen LogP contribution in [-0.2, 0) is 9.59 Å². The predicted molar refractivity (Wildman–Crippen MR) is 61.7 cm³/mol. The van der Waals surface area contributed by atoms with Crippen LogP contribution in [0, 0.1) is 0 Å². The maximum absolute atomic E-state index is 10.3. The van der Waals surface area contributed by atoms with Crippen molar-refractivity contribution in [3.63, 3.8) is 0 Å². The van der Waals surface area contributed by atoms with Crippen LogP contribution >= 0.6 is 0 Å². The third-order valence-corrected chi connectivity index (χ3v) is 1.37. The van der Waals surface area contributed by atoms with Crippen LogP contribution in [0.1, 0.15) is 34.6 Å². The Labute approximate surface area is 170 Å². The molecule has 0 fully saturated rings. The Hall–Kier alpha value is -0.900. The number of aromatic carboxylic acids is 2. The van der Waals surface area contributed by atoms with Gasteiger partial charge in [0.05, 0.1) is 11.9 Å². The van der Waals surface area contributed by atoms with Gasteiger partial charge in [0.2, 0.25) is 0 Å². The second kappa shape index (κ2) is 16.5. The van der Waals surface area contributed by atoms with Gasteiger partial charge in [-0.2, -0.15) is 0 Å². The number of hydrogen-bond donors (Lipinski definition) is 2. The number of carbonyl (C=O) groups is 4. The number of carbonyl (C=O) groups excluding carboxylic acids is 2. The van der Waals surface area contributed by atoms with Crippen LogP contribution in [0.25, 0.3) is 0 Å². The maximum atomic E-state index is 10.3. The minimum atomic E-state index is -1.52. The molecular formula is C12H12Na2O8. The fourth-order valence-electron chi connectivity index (χ4n) is 0.839. The molecule has 0 aliphatic carbocycles. The van der Waals surface area contributed by atoms with E-state index in [4.69, 9.17) is 19.8 Å². The molecule has 0 saturated heterocycles. The van der Waals surface area contributed by atoms with Crippen LogP contribution in [0.15, 0.2) is 24.3 Å². The first-order valence-electron chi connectivity index (χ1n) is 5.00. The van der Waals surface area contributed by atoms with Gasteiger partial charge < -0.3 is 30.0 Å². The van der Waals surface area contributed by atoms with Crippen molar-refractivity contribution in [2.75, 3.05) is 0 Å². The van der Waals surface area contributed by atoms with Gasteiger partial charge in [0, 0.05) is 25.0 Å².